The topological polar surface area (TPSA) is 61.4 Å². The quantitative estimate of drug-likeness (QED) is 0.698. The summed E-state index contributed by atoms with van der Waals surface area (Å²) >= 11 is 0. The van der Waals surface area contributed by atoms with Crippen molar-refractivity contribution >= 4 is 11.8 Å². The van der Waals surface area contributed by atoms with Gasteiger partial charge in [-0.25, -0.2) is 19.2 Å². The molecule has 1 aromatic carbocycles. The van der Waals surface area contributed by atoms with E-state index in [1.165, 1.54) is 44.6 Å². The predicted molar refractivity (Wildman–Crippen MR) is 134 cm³/mol. The molecule has 1 saturated heterocycles. The Labute approximate surface area is 207 Å². The molecule has 6 nitrogen and oxygen atoms in total. The van der Waals surface area contributed by atoms with Crippen molar-refractivity contribution in [3.8, 4) is 0 Å². The van der Waals surface area contributed by atoms with E-state index in [1.807, 2.05) is 24.8 Å². The van der Waals surface area contributed by atoms with Crippen LogP contribution in [0.5, 0.6) is 0 Å². The van der Waals surface area contributed by atoms with Crippen molar-refractivity contribution in [3.05, 3.63) is 52.7 Å². The molecule has 0 unspecified atom stereocenters. The summed E-state index contributed by atoms with van der Waals surface area (Å²) in [5.74, 6) is 3.88. The minimum atomic E-state index is -0.228. The van der Waals surface area contributed by atoms with Crippen LogP contribution in [-0.2, 0) is 6.42 Å². The maximum Gasteiger partial charge on any atom is 0.317 e. The molecule has 35 heavy (non-hydrogen) atoms. The molecule has 4 bridgehead atoms. The van der Waals surface area contributed by atoms with Gasteiger partial charge in [-0.3, -0.25) is 0 Å². The second kappa shape index (κ2) is 8.75. The number of carbonyl (C=O) groups is 1. The van der Waals surface area contributed by atoms with Crippen LogP contribution in [0, 0.1) is 37.4 Å². The molecule has 1 aromatic heterocycles. The number of nitrogens with one attached hydrogen (secondary N) is 1. The van der Waals surface area contributed by atoms with Crippen LogP contribution in [0.3, 0.4) is 0 Å². The van der Waals surface area contributed by atoms with Crippen LogP contribution in [0.15, 0.2) is 24.3 Å². The molecule has 4 aliphatic carbocycles. The second-order valence-corrected chi connectivity index (χ2v) is 11.6. The van der Waals surface area contributed by atoms with Gasteiger partial charge in [-0.15, -0.1) is 0 Å². The second-order valence-electron chi connectivity index (χ2n) is 11.6. The van der Waals surface area contributed by atoms with Gasteiger partial charge in [-0.1, -0.05) is 12.1 Å². The number of aryl methyl sites for hydroxylation is 2. The van der Waals surface area contributed by atoms with Crippen molar-refractivity contribution < 1.29 is 9.18 Å². The third-order valence-electron chi connectivity index (χ3n) is 8.85. The van der Waals surface area contributed by atoms with Crippen LogP contribution in [-0.4, -0.2) is 52.6 Å². The molecule has 2 aromatic rings. The molecule has 186 valence electrons. The van der Waals surface area contributed by atoms with Crippen molar-refractivity contribution in [3.63, 3.8) is 0 Å². The van der Waals surface area contributed by atoms with Crippen molar-refractivity contribution in [2.45, 2.75) is 64.3 Å². The minimum Gasteiger partial charge on any atom is -0.353 e. The lowest BCUT2D eigenvalue weighted by Gasteiger charge is -2.57. The number of aromatic nitrogens is 2. The number of piperazine rings is 1. The van der Waals surface area contributed by atoms with E-state index < -0.39 is 0 Å². The van der Waals surface area contributed by atoms with Gasteiger partial charge in [-0.05, 0) is 87.8 Å². The Morgan fingerprint density at radius 1 is 1.03 bits per heavy atom. The molecular weight excluding hydrogens is 441 g/mol. The maximum atomic E-state index is 13.8. The first-order valence-electron chi connectivity index (χ1n) is 13.3. The van der Waals surface area contributed by atoms with Crippen molar-refractivity contribution in [1.82, 2.24) is 20.2 Å². The molecular formula is C28H36FN5O. The predicted octanol–water partition coefficient (Wildman–Crippen LogP) is 4.62. The number of urea groups is 1. The van der Waals surface area contributed by atoms with E-state index in [0.717, 1.165) is 59.3 Å². The molecule has 0 spiro atoms. The Morgan fingerprint density at radius 3 is 2.31 bits per heavy atom. The molecule has 2 amide bonds. The van der Waals surface area contributed by atoms with Gasteiger partial charge in [0.1, 0.15) is 17.5 Å². The zero-order valence-corrected chi connectivity index (χ0v) is 20.9. The monoisotopic (exact) mass is 477 g/mol. The number of hydrogen-bond donors (Lipinski definition) is 1. The third kappa shape index (κ3) is 4.50. The molecule has 7 rings (SSSR count). The number of benzene rings is 1. The summed E-state index contributed by atoms with van der Waals surface area (Å²) in [6, 6.07) is 6.85. The number of halogens is 1. The highest BCUT2D eigenvalue weighted by Gasteiger charge is 2.51. The van der Waals surface area contributed by atoms with E-state index in [1.54, 1.807) is 12.1 Å². The summed E-state index contributed by atoms with van der Waals surface area (Å²) < 4.78 is 13.8. The summed E-state index contributed by atoms with van der Waals surface area (Å²) in [7, 11) is 0. The van der Waals surface area contributed by atoms with E-state index in [2.05, 4.69) is 15.2 Å². The smallest absolute Gasteiger partial charge is 0.317 e. The van der Waals surface area contributed by atoms with E-state index in [0.29, 0.717) is 19.5 Å². The molecule has 4 saturated carbocycles. The van der Waals surface area contributed by atoms with Gasteiger partial charge >= 0.3 is 6.03 Å². The van der Waals surface area contributed by atoms with Crippen LogP contribution in [0.1, 0.15) is 61.2 Å². The van der Waals surface area contributed by atoms with Crippen molar-refractivity contribution in [2.75, 3.05) is 31.1 Å². The molecule has 5 aliphatic rings. The van der Waals surface area contributed by atoms with Crippen molar-refractivity contribution in [1.29, 1.82) is 0 Å². The number of anilines is 1. The number of nitrogens with zero attached hydrogens (tertiary/aromatic N) is 4. The first-order valence-corrected chi connectivity index (χ1v) is 13.3. The standard InChI is InChI=1S/C28H36FN5O/c1-18-25(14-20-4-3-5-24(29)13-20)26(31-19(2)30-18)33-6-8-34(9-7-33)27(35)32-28-15-21-10-22(16-28)12-23(11-21)17-28/h3-5,13,21-23H,6-12,14-17H2,1-2H3,(H,32,35). The summed E-state index contributed by atoms with van der Waals surface area (Å²) in [6.07, 6.45) is 8.25. The minimum absolute atomic E-state index is 0.0436. The van der Waals surface area contributed by atoms with Crippen molar-refractivity contribution in [2.24, 2.45) is 17.8 Å². The number of amides is 2. The molecule has 1 aliphatic heterocycles. The van der Waals surface area contributed by atoms with Crippen LogP contribution in [0.4, 0.5) is 15.0 Å². The lowest BCUT2D eigenvalue weighted by atomic mass is 9.53. The molecule has 0 radical (unpaired) electrons. The van der Waals surface area contributed by atoms with E-state index >= 15 is 0 Å². The van der Waals surface area contributed by atoms with Crippen LogP contribution >= 0.6 is 0 Å². The Morgan fingerprint density at radius 2 is 1.69 bits per heavy atom. The van der Waals surface area contributed by atoms with Crippen LogP contribution in [0.25, 0.3) is 0 Å². The largest absolute Gasteiger partial charge is 0.353 e. The number of hydrogen-bond acceptors (Lipinski definition) is 4. The highest BCUT2D eigenvalue weighted by molar-refractivity contribution is 5.75. The first kappa shape index (κ1) is 22.7. The van der Waals surface area contributed by atoms with Gasteiger partial charge in [0, 0.05) is 49.4 Å². The van der Waals surface area contributed by atoms with Gasteiger partial charge in [0.05, 0.1) is 0 Å². The molecule has 1 N–H and O–H groups in total. The number of rotatable bonds is 4. The van der Waals surface area contributed by atoms with Gasteiger partial charge in [0.15, 0.2) is 0 Å². The van der Waals surface area contributed by atoms with Gasteiger partial charge in [-0.2, -0.15) is 0 Å². The summed E-state index contributed by atoms with van der Waals surface area (Å²) in [5, 5.41) is 3.52. The molecule has 7 heteroatoms. The average Bonchev–Trinajstić information content (AvgIpc) is 2.79. The lowest BCUT2D eigenvalue weighted by Crippen LogP contribution is -2.63. The fourth-order valence-corrected chi connectivity index (χ4v) is 7.73. The molecule has 5 fully saturated rings. The highest BCUT2D eigenvalue weighted by Crippen LogP contribution is 2.55. The Kier molecular flexibility index (Phi) is 5.69. The highest BCUT2D eigenvalue weighted by atomic mass is 19.1. The lowest BCUT2D eigenvalue weighted by molar-refractivity contribution is -0.0157. The summed E-state index contributed by atoms with van der Waals surface area (Å²) in [6.45, 7) is 6.75. The average molecular weight is 478 g/mol. The van der Waals surface area contributed by atoms with E-state index in [-0.39, 0.29) is 17.4 Å². The summed E-state index contributed by atoms with van der Waals surface area (Å²) in [4.78, 5) is 26.9. The molecule has 2 heterocycles. The van der Waals surface area contributed by atoms with Gasteiger partial charge < -0.3 is 15.1 Å². The Balaban J connectivity index is 1.14. The fraction of sp³-hybridized carbons (Fsp3) is 0.607. The van der Waals surface area contributed by atoms with Gasteiger partial charge in [0.2, 0.25) is 0 Å². The Bertz CT molecular complexity index is 1090. The van der Waals surface area contributed by atoms with E-state index in [9.17, 15) is 9.18 Å². The zero-order valence-electron chi connectivity index (χ0n) is 20.9. The zero-order chi connectivity index (χ0) is 24.2. The van der Waals surface area contributed by atoms with Crippen LogP contribution < -0.4 is 10.2 Å². The third-order valence-corrected chi connectivity index (χ3v) is 8.85. The first-order chi connectivity index (χ1) is 16.9. The number of carbonyl (C=O) groups excluding carboxylic acids is 1. The SMILES string of the molecule is Cc1nc(C)c(Cc2cccc(F)c2)c(N2CCN(C(=O)NC34CC5CC(CC(C5)C3)C4)CC2)n1. The van der Waals surface area contributed by atoms with E-state index in [4.69, 9.17) is 4.98 Å². The molecule has 0 atom stereocenters. The summed E-state index contributed by atoms with van der Waals surface area (Å²) in [5.41, 5.74) is 2.92. The fourth-order valence-electron chi connectivity index (χ4n) is 7.73. The van der Waals surface area contributed by atoms with Gasteiger partial charge in [0.25, 0.3) is 0 Å². The normalized spacial score (nSPS) is 29.5. The maximum absolute atomic E-state index is 13.8. The Hall–Kier alpha value is -2.70. The van der Waals surface area contributed by atoms with Crippen LogP contribution in [0.2, 0.25) is 0 Å².